The molecule has 0 N–H and O–H groups in total. The van der Waals surface area contributed by atoms with E-state index < -0.39 is 0 Å². The summed E-state index contributed by atoms with van der Waals surface area (Å²) in [7, 11) is 0. The molecule has 8 rings (SSSR count). The number of allylic oxidation sites excluding steroid dienone is 2. The highest BCUT2D eigenvalue weighted by Gasteiger charge is 2.24. The monoisotopic (exact) mass is 664 g/mol. The Bertz CT molecular complexity index is 2100. The third kappa shape index (κ3) is 7.80. The van der Waals surface area contributed by atoms with Gasteiger partial charge in [-0.3, -0.25) is 0 Å². The van der Waals surface area contributed by atoms with E-state index in [1.165, 1.54) is 49.0 Å². The van der Waals surface area contributed by atoms with E-state index >= 15 is 0 Å². The molecule has 0 aliphatic heterocycles. The number of halogens is 1. The van der Waals surface area contributed by atoms with Crippen LogP contribution in [0.4, 0.5) is 0 Å². The molecule has 6 aromatic carbocycles. The van der Waals surface area contributed by atoms with Crippen molar-refractivity contribution in [2.24, 2.45) is 0 Å². The lowest BCUT2D eigenvalue weighted by Crippen LogP contribution is -1.97. The Balaban J connectivity index is 0.000000139. The Morgan fingerprint density at radius 1 is 0.553 bits per heavy atom. The predicted molar refractivity (Wildman–Crippen MR) is 202 cm³/mol. The molecule has 6 aromatic rings. The van der Waals surface area contributed by atoms with Crippen LogP contribution in [0.15, 0.2) is 180 Å². The van der Waals surface area contributed by atoms with Crippen molar-refractivity contribution in [2.45, 2.75) is 12.3 Å². The average Bonchev–Trinajstić information content (AvgIpc) is 3.69. The minimum absolute atomic E-state index is 0.373. The van der Waals surface area contributed by atoms with E-state index in [0.717, 1.165) is 17.5 Å². The van der Waals surface area contributed by atoms with Gasteiger partial charge in [0.1, 0.15) is 0 Å². The molecule has 1 unspecified atom stereocenters. The highest BCUT2D eigenvalue weighted by atomic mass is 79.9. The number of terminal acetylenes is 1. The van der Waals surface area contributed by atoms with Gasteiger partial charge in [-0.2, -0.15) is 0 Å². The van der Waals surface area contributed by atoms with Crippen LogP contribution in [-0.2, 0) is 6.42 Å². The normalized spacial score (nSPS) is 13.6. The van der Waals surface area contributed by atoms with Crippen LogP contribution in [0.3, 0.4) is 0 Å². The molecule has 0 spiro atoms. The number of benzene rings is 6. The minimum atomic E-state index is 0.373. The molecule has 0 bridgehead atoms. The van der Waals surface area contributed by atoms with Crippen LogP contribution in [-0.4, -0.2) is 0 Å². The van der Waals surface area contributed by atoms with Gasteiger partial charge in [-0.05, 0) is 63.7 Å². The Morgan fingerprint density at radius 2 is 1.11 bits per heavy atom. The summed E-state index contributed by atoms with van der Waals surface area (Å²) in [5.74, 6) is 9.64. The van der Waals surface area contributed by atoms with Crippen LogP contribution >= 0.6 is 15.9 Å². The molecule has 47 heavy (non-hydrogen) atoms. The summed E-state index contributed by atoms with van der Waals surface area (Å²) in [6, 6.07) is 58.1. The van der Waals surface area contributed by atoms with Gasteiger partial charge in [0.25, 0.3) is 0 Å². The molecule has 0 radical (unpaired) electrons. The fourth-order valence-corrected chi connectivity index (χ4v) is 6.63. The van der Waals surface area contributed by atoms with Crippen molar-refractivity contribution < 1.29 is 0 Å². The molecule has 2 aliphatic carbocycles. The van der Waals surface area contributed by atoms with Gasteiger partial charge in [0.05, 0.1) is 0 Å². The third-order valence-corrected chi connectivity index (χ3v) is 8.79. The van der Waals surface area contributed by atoms with Crippen molar-refractivity contribution in [3.8, 4) is 24.2 Å². The Hall–Kier alpha value is -5.60. The second kappa shape index (κ2) is 15.6. The van der Waals surface area contributed by atoms with Gasteiger partial charge >= 0.3 is 0 Å². The van der Waals surface area contributed by atoms with E-state index in [1.807, 2.05) is 48.5 Å². The van der Waals surface area contributed by atoms with Gasteiger partial charge in [0.2, 0.25) is 0 Å². The second-order valence-electron chi connectivity index (χ2n) is 11.2. The molecule has 0 nitrogen and oxygen atoms in total. The van der Waals surface area contributed by atoms with E-state index in [9.17, 15) is 0 Å². The maximum atomic E-state index is 5.10. The third-order valence-electron chi connectivity index (χ3n) is 8.10. The smallest absolute Gasteiger partial charge is 0.0412 e. The summed E-state index contributed by atoms with van der Waals surface area (Å²) < 4.78 is 1.25. The largest absolute Gasteiger partial charge is 0.115 e. The first kappa shape index (κ1) is 31.4. The molecule has 0 saturated heterocycles. The lowest BCUT2D eigenvalue weighted by Gasteiger charge is -2.13. The van der Waals surface area contributed by atoms with Gasteiger partial charge < -0.3 is 0 Å². The van der Waals surface area contributed by atoms with E-state index in [0.29, 0.717) is 5.92 Å². The molecule has 1 atom stereocenters. The highest BCUT2D eigenvalue weighted by molar-refractivity contribution is 9.11. The van der Waals surface area contributed by atoms with Crippen molar-refractivity contribution in [2.75, 3.05) is 0 Å². The Kier molecular flexibility index (Phi) is 10.4. The molecule has 0 fully saturated rings. The van der Waals surface area contributed by atoms with Gasteiger partial charge in [-0.1, -0.05) is 179 Å². The first-order valence-corrected chi connectivity index (χ1v) is 16.5. The van der Waals surface area contributed by atoms with Crippen molar-refractivity contribution in [1.29, 1.82) is 0 Å². The minimum Gasteiger partial charge on any atom is -0.115 e. The Labute approximate surface area is 287 Å². The molecule has 0 saturated carbocycles. The predicted octanol–water partition coefficient (Wildman–Crippen LogP) is 11.3. The summed E-state index contributed by atoms with van der Waals surface area (Å²) in [4.78, 5) is 0. The van der Waals surface area contributed by atoms with E-state index in [4.69, 9.17) is 6.42 Å². The number of fused-ring (bicyclic) bond motifs is 2. The fourth-order valence-electron chi connectivity index (χ4n) is 5.87. The summed E-state index contributed by atoms with van der Waals surface area (Å²) >= 11 is 3.68. The van der Waals surface area contributed by atoms with Gasteiger partial charge in [0, 0.05) is 39.1 Å². The first-order chi connectivity index (χ1) is 23.2. The molecule has 1 heteroatoms. The average molecular weight is 666 g/mol. The van der Waals surface area contributed by atoms with Gasteiger partial charge in [-0.15, -0.1) is 6.42 Å². The lowest BCUT2D eigenvalue weighted by molar-refractivity contribution is 1.04. The zero-order chi connectivity index (χ0) is 32.3. The first-order valence-electron chi connectivity index (χ1n) is 15.7. The quantitative estimate of drug-likeness (QED) is 0.162. The highest BCUT2D eigenvalue weighted by Crippen LogP contribution is 2.43. The molecule has 2 aliphatic rings. The van der Waals surface area contributed by atoms with Crippen molar-refractivity contribution in [1.82, 2.24) is 0 Å². The number of hydrogen-bond donors (Lipinski definition) is 0. The van der Waals surface area contributed by atoms with Gasteiger partial charge in [0.15, 0.2) is 0 Å². The van der Waals surface area contributed by atoms with E-state index in [1.54, 1.807) is 0 Å². The van der Waals surface area contributed by atoms with E-state index in [2.05, 4.69) is 161 Å². The van der Waals surface area contributed by atoms with Crippen molar-refractivity contribution in [3.05, 3.63) is 224 Å². The zero-order valence-corrected chi connectivity index (χ0v) is 27.6. The van der Waals surface area contributed by atoms with Crippen molar-refractivity contribution >= 4 is 27.6 Å². The molecule has 0 amide bonds. The van der Waals surface area contributed by atoms with Crippen molar-refractivity contribution in [3.63, 3.8) is 0 Å². The van der Waals surface area contributed by atoms with Crippen LogP contribution in [0.5, 0.6) is 0 Å². The van der Waals surface area contributed by atoms with Crippen LogP contribution < -0.4 is 0 Å². The van der Waals surface area contributed by atoms with Crippen LogP contribution in [0.25, 0.3) is 11.6 Å². The molecular formula is C46H33Br. The molecular weight excluding hydrogens is 632 g/mol. The fraction of sp³-hybridized carbons (Fsp3) is 0.0435. The molecule has 0 aromatic heterocycles. The standard InChI is InChI=1S/C23H16.C15H11Br.C8H6/c1-3-9-18(10-4-1)15-16-21-17-20-13-7-8-14-22(20)23(21)19-11-5-2-6-12-19;16-14-10-12-8-4-5-9-13(12)15(14)11-6-2-1-3-7-11;1-2-8-6-4-3-5-7-8/h1-14H,17H2;1-10,15H;1,3-7H. The summed E-state index contributed by atoms with van der Waals surface area (Å²) in [5.41, 5.74) is 12.5. The SMILES string of the molecule is BrC1=Cc2ccccc2C1c1ccccc1.C#Cc1ccccc1.C(#Cc1ccccc1)C1=C(c2ccccc2)c2ccccc2C1. The summed E-state index contributed by atoms with van der Waals surface area (Å²) in [5, 5.41) is 0. The summed E-state index contributed by atoms with van der Waals surface area (Å²) in [6.45, 7) is 0. The van der Waals surface area contributed by atoms with Crippen LogP contribution in [0, 0.1) is 24.2 Å². The number of rotatable bonds is 2. The van der Waals surface area contributed by atoms with E-state index in [-0.39, 0.29) is 0 Å². The Morgan fingerprint density at radius 3 is 1.77 bits per heavy atom. The molecule has 224 valence electrons. The van der Waals surface area contributed by atoms with Gasteiger partial charge in [-0.25, -0.2) is 0 Å². The zero-order valence-electron chi connectivity index (χ0n) is 26.0. The van der Waals surface area contributed by atoms with Crippen LogP contribution in [0.1, 0.15) is 50.4 Å². The maximum Gasteiger partial charge on any atom is 0.0412 e. The topological polar surface area (TPSA) is 0 Å². The summed E-state index contributed by atoms with van der Waals surface area (Å²) in [6.07, 6.45) is 8.23. The molecule has 0 heterocycles. The lowest BCUT2D eigenvalue weighted by atomic mass is 9.93. The van der Waals surface area contributed by atoms with Crippen LogP contribution in [0.2, 0.25) is 0 Å². The number of hydrogen-bond acceptors (Lipinski definition) is 0. The maximum absolute atomic E-state index is 5.10. The second-order valence-corrected chi connectivity index (χ2v) is 12.1.